The number of hydrogen-bond donors (Lipinski definition) is 1. The Morgan fingerprint density at radius 1 is 1.33 bits per heavy atom. The van der Waals surface area contributed by atoms with Crippen LogP contribution in [0.1, 0.15) is 45.2 Å². The minimum atomic E-state index is -0.0135. The molecule has 0 bridgehead atoms. The van der Waals surface area contributed by atoms with Crippen LogP contribution in [0, 0.1) is 12.8 Å². The monoisotopic (exact) mass is 269 g/mol. The van der Waals surface area contributed by atoms with Crippen molar-refractivity contribution in [2.45, 2.75) is 46.5 Å². The summed E-state index contributed by atoms with van der Waals surface area (Å²) >= 11 is 5.83. The maximum absolute atomic E-state index is 12.1. The molecular formula is C13H20ClN3O. The van der Waals surface area contributed by atoms with Crippen molar-refractivity contribution in [3.05, 3.63) is 16.9 Å². The van der Waals surface area contributed by atoms with Gasteiger partial charge in [-0.05, 0) is 25.8 Å². The van der Waals surface area contributed by atoms with Crippen molar-refractivity contribution in [2.24, 2.45) is 5.92 Å². The normalized spacial score (nSPS) is 10.7. The molecule has 5 heteroatoms. The first kappa shape index (κ1) is 14.9. The summed E-state index contributed by atoms with van der Waals surface area (Å²) in [6.45, 7) is 5.98. The third kappa shape index (κ3) is 4.61. The maximum Gasteiger partial charge on any atom is 0.231 e. The van der Waals surface area contributed by atoms with Crippen LogP contribution in [0.3, 0.4) is 0 Å². The first-order chi connectivity index (χ1) is 8.56. The van der Waals surface area contributed by atoms with Crippen LogP contribution in [0.25, 0.3) is 0 Å². The maximum atomic E-state index is 12.1. The molecule has 0 aliphatic carbocycles. The first-order valence-electron chi connectivity index (χ1n) is 6.38. The van der Waals surface area contributed by atoms with Gasteiger partial charge in [-0.25, -0.2) is 9.97 Å². The average molecular weight is 270 g/mol. The summed E-state index contributed by atoms with van der Waals surface area (Å²) < 4.78 is 0. The van der Waals surface area contributed by atoms with E-state index in [1.54, 1.807) is 6.07 Å². The summed E-state index contributed by atoms with van der Waals surface area (Å²) in [6.07, 6.45) is 3.76. The quantitative estimate of drug-likeness (QED) is 0.803. The molecule has 0 aromatic carbocycles. The Bertz CT molecular complexity index is 383. The van der Waals surface area contributed by atoms with Gasteiger partial charge in [-0.2, -0.15) is 0 Å². The minimum Gasteiger partial charge on any atom is -0.294 e. The van der Waals surface area contributed by atoms with Crippen LogP contribution in [-0.2, 0) is 4.79 Å². The second kappa shape index (κ2) is 7.31. The summed E-state index contributed by atoms with van der Waals surface area (Å²) in [6, 6.07) is 1.66. The molecule has 0 spiro atoms. The van der Waals surface area contributed by atoms with E-state index in [0.717, 1.165) is 31.4 Å². The van der Waals surface area contributed by atoms with E-state index in [2.05, 4.69) is 29.1 Å². The summed E-state index contributed by atoms with van der Waals surface area (Å²) in [5, 5.41) is 3.10. The first-order valence-corrected chi connectivity index (χ1v) is 6.76. The lowest BCUT2D eigenvalue weighted by molar-refractivity contribution is -0.120. The predicted octanol–water partition coefficient (Wildman–Crippen LogP) is 3.59. The highest BCUT2D eigenvalue weighted by Gasteiger charge is 2.17. The van der Waals surface area contributed by atoms with Crippen molar-refractivity contribution in [2.75, 3.05) is 5.32 Å². The number of anilines is 1. The molecule has 0 fully saturated rings. The van der Waals surface area contributed by atoms with Crippen molar-refractivity contribution < 1.29 is 4.79 Å². The lowest BCUT2D eigenvalue weighted by atomic mass is 9.97. The third-order valence-electron chi connectivity index (χ3n) is 2.70. The van der Waals surface area contributed by atoms with Crippen molar-refractivity contribution in [3.63, 3.8) is 0 Å². The Labute approximate surface area is 113 Å². The van der Waals surface area contributed by atoms with Crippen LogP contribution in [0.2, 0.25) is 5.15 Å². The zero-order valence-corrected chi connectivity index (χ0v) is 11.9. The topological polar surface area (TPSA) is 54.9 Å². The van der Waals surface area contributed by atoms with Crippen LogP contribution in [-0.4, -0.2) is 15.9 Å². The molecule has 18 heavy (non-hydrogen) atoms. The average Bonchev–Trinajstić information content (AvgIpc) is 2.27. The molecule has 0 atom stereocenters. The Morgan fingerprint density at radius 2 is 1.94 bits per heavy atom. The minimum absolute atomic E-state index is 0.0135. The highest BCUT2D eigenvalue weighted by molar-refractivity contribution is 6.29. The fourth-order valence-corrected chi connectivity index (χ4v) is 2.14. The number of carbonyl (C=O) groups is 1. The molecule has 1 N–H and O–H groups in total. The SMILES string of the molecule is CCCC(CCC)C(=O)Nc1nc(C)cc(Cl)n1. The van der Waals surface area contributed by atoms with Gasteiger partial charge in [-0.3, -0.25) is 10.1 Å². The number of nitrogens with one attached hydrogen (secondary N) is 1. The van der Waals surface area contributed by atoms with Gasteiger partial charge in [-0.15, -0.1) is 0 Å². The lowest BCUT2D eigenvalue weighted by Gasteiger charge is -2.14. The Kier molecular flexibility index (Phi) is 6.05. The number of carbonyl (C=O) groups excluding carboxylic acids is 1. The van der Waals surface area contributed by atoms with Gasteiger partial charge in [0.2, 0.25) is 11.9 Å². The van der Waals surface area contributed by atoms with Crippen LogP contribution in [0.5, 0.6) is 0 Å². The number of nitrogens with zero attached hydrogens (tertiary/aromatic N) is 2. The molecule has 1 amide bonds. The summed E-state index contributed by atoms with van der Waals surface area (Å²) in [4.78, 5) is 20.2. The zero-order valence-electron chi connectivity index (χ0n) is 11.2. The van der Waals surface area contributed by atoms with E-state index in [1.807, 2.05) is 6.92 Å². The molecule has 0 radical (unpaired) electrons. The van der Waals surface area contributed by atoms with E-state index in [1.165, 1.54) is 0 Å². The number of aromatic nitrogens is 2. The molecule has 4 nitrogen and oxygen atoms in total. The van der Waals surface area contributed by atoms with Crippen LogP contribution < -0.4 is 5.32 Å². The van der Waals surface area contributed by atoms with E-state index >= 15 is 0 Å². The van der Waals surface area contributed by atoms with E-state index < -0.39 is 0 Å². The summed E-state index contributed by atoms with van der Waals surface area (Å²) in [5.74, 6) is 0.311. The van der Waals surface area contributed by atoms with Gasteiger partial charge in [-0.1, -0.05) is 38.3 Å². The second-order valence-electron chi connectivity index (χ2n) is 4.42. The van der Waals surface area contributed by atoms with E-state index in [-0.39, 0.29) is 11.8 Å². The van der Waals surface area contributed by atoms with Crippen molar-refractivity contribution in [3.8, 4) is 0 Å². The molecule has 0 saturated carbocycles. The van der Waals surface area contributed by atoms with Gasteiger partial charge in [0.15, 0.2) is 0 Å². The van der Waals surface area contributed by atoms with Gasteiger partial charge >= 0.3 is 0 Å². The molecule has 0 unspecified atom stereocenters. The molecule has 0 aliphatic rings. The largest absolute Gasteiger partial charge is 0.294 e. The second-order valence-corrected chi connectivity index (χ2v) is 4.81. The van der Waals surface area contributed by atoms with Crippen molar-refractivity contribution in [1.29, 1.82) is 0 Å². The highest BCUT2D eigenvalue weighted by atomic mass is 35.5. The fourth-order valence-electron chi connectivity index (χ4n) is 1.90. The molecule has 1 heterocycles. The van der Waals surface area contributed by atoms with Gasteiger partial charge in [0.05, 0.1) is 0 Å². The fraction of sp³-hybridized carbons (Fsp3) is 0.615. The molecule has 1 rings (SSSR count). The predicted molar refractivity (Wildman–Crippen MR) is 73.7 cm³/mol. The summed E-state index contributed by atoms with van der Waals surface area (Å²) in [5.41, 5.74) is 0.743. The number of hydrogen-bond acceptors (Lipinski definition) is 3. The smallest absolute Gasteiger partial charge is 0.231 e. The van der Waals surface area contributed by atoms with Crippen molar-refractivity contribution >= 4 is 23.5 Å². The summed E-state index contributed by atoms with van der Waals surface area (Å²) in [7, 11) is 0. The van der Waals surface area contributed by atoms with E-state index in [4.69, 9.17) is 11.6 Å². The van der Waals surface area contributed by atoms with Crippen LogP contribution in [0.15, 0.2) is 6.07 Å². The standard InChI is InChI=1S/C13H20ClN3O/c1-4-6-10(7-5-2)12(18)17-13-15-9(3)8-11(14)16-13/h8,10H,4-7H2,1-3H3,(H,15,16,17,18). The van der Waals surface area contributed by atoms with Gasteiger partial charge in [0, 0.05) is 11.6 Å². The third-order valence-corrected chi connectivity index (χ3v) is 2.90. The lowest BCUT2D eigenvalue weighted by Crippen LogP contribution is -2.24. The van der Waals surface area contributed by atoms with Crippen LogP contribution in [0.4, 0.5) is 5.95 Å². The number of amides is 1. The number of rotatable bonds is 6. The molecule has 0 saturated heterocycles. The van der Waals surface area contributed by atoms with E-state index in [0.29, 0.717) is 11.1 Å². The van der Waals surface area contributed by atoms with Gasteiger partial charge in [0.25, 0.3) is 0 Å². The number of halogens is 1. The van der Waals surface area contributed by atoms with Gasteiger partial charge < -0.3 is 0 Å². The Hall–Kier alpha value is -1.16. The zero-order chi connectivity index (χ0) is 13.5. The molecular weight excluding hydrogens is 250 g/mol. The Morgan fingerprint density at radius 3 is 2.44 bits per heavy atom. The molecule has 100 valence electrons. The molecule has 1 aromatic heterocycles. The van der Waals surface area contributed by atoms with E-state index in [9.17, 15) is 4.79 Å². The van der Waals surface area contributed by atoms with Crippen molar-refractivity contribution in [1.82, 2.24) is 9.97 Å². The molecule has 1 aromatic rings. The number of aryl methyl sites for hydroxylation is 1. The van der Waals surface area contributed by atoms with Crippen LogP contribution >= 0.6 is 11.6 Å². The van der Waals surface area contributed by atoms with Gasteiger partial charge in [0.1, 0.15) is 5.15 Å². The highest BCUT2D eigenvalue weighted by Crippen LogP contribution is 2.16. The molecule has 0 aliphatic heterocycles. The Balaban J connectivity index is 2.72.